The van der Waals surface area contributed by atoms with Gasteiger partial charge in [-0.2, -0.15) is 0 Å². The van der Waals surface area contributed by atoms with Crippen LogP contribution in [0.4, 0.5) is 0 Å². The second-order valence-electron chi connectivity index (χ2n) is 20.6. The van der Waals surface area contributed by atoms with Crippen LogP contribution in [-0.4, -0.2) is 139 Å². The molecule has 20 atom stereocenters. The van der Waals surface area contributed by atoms with Crippen LogP contribution < -0.4 is 0 Å². The van der Waals surface area contributed by atoms with Gasteiger partial charge in [0, 0.05) is 0 Å². The van der Waals surface area contributed by atoms with Gasteiger partial charge in [0.2, 0.25) is 0 Å². The molecule has 0 aromatic rings. The highest BCUT2D eigenvalue weighted by atomic mass is 16.8. The van der Waals surface area contributed by atoms with Crippen LogP contribution in [0.1, 0.15) is 113 Å². The first kappa shape index (κ1) is 41.6. The molecule has 0 amide bonds. The molecule has 7 fully saturated rings. The maximum absolute atomic E-state index is 12.3. The van der Waals surface area contributed by atoms with Crippen molar-refractivity contribution in [2.75, 3.05) is 13.2 Å². The van der Waals surface area contributed by atoms with Gasteiger partial charge in [0.15, 0.2) is 12.6 Å². The topological polar surface area (TPSA) is 208 Å². The summed E-state index contributed by atoms with van der Waals surface area (Å²) in [5, 5.41) is 85.7. The van der Waals surface area contributed by atoms with E-state index < -0.39 is 73.6 Å². The molecule has 0 aromatic heterocycles. The Morgan fingerprint density at radius 2 is 1.39 bits per heavy atom. The predicted molar refractivity (Wildman–Crippen MR) is 194 cm³/mol. The number of ether oxygens (including phenoxy) is 5. The lowest BCUT2D eigenvalue weighted by Gasteiger charge is -2.70. The molecule has 2 unspecified atom stereocenters. The van der Waals surface area contributed by atoms with Crippen molar-refractivity contribution in [3.05, 3.63) is 0 Å². The van der Waals surface area contributed by atoms with Gasteiger partial charge in [-0.05, 0) is 124 Å². The van der Waals surface area contributed by atoms with Crippen LogP contribution in [0.5, 0.6) is 0 Å². The van der Waals surface area contributed by atoms with Crippen molar-refractivity contribution in [1.29, 1.82) is 0 Å². The first-order chi connectivity index (χ1) is 25.0. The van der Waals surface area contributed by atoms with Crippen LogP contribution in [-0.2, 0) is 23.7 Å². The molecular weight excluding hydrogens is 700 g/mol. The molecule has 3 heterocycles. The van der Waals surface area contributed by atoms with E-state index in [4.69, 9.17) is 23.7 Å². The predicted octanol–water partition coefficient (Wildman–Crippen LogP) is 2.00. The molecule has 13 nitrogen and oxygen atoms in total. The number of fused-ring (bicyclic) bond motifs is 5. The quantitative estimate of drug-likeness (QED) is 0.175. The molecule has 0 spiro atoms. The molecule has 3 saturated heterocycles. The number of hydrogen-bond acceptors (Lipinski definition) is 13. The molecule has 3 aliphatic heterocycles. The highest BCUT2D eigenvalue weighted by Gasteiger charge is 2.72. The van der Waals surface area contributed by atoms with Gasteiger partial charge in [-0.3, -0.25) is 0 Å². The number of aliphatic hydroxyl groups is 8. The Hall–Kier alpha value is -0.520. The first-order valence-electron chi connectivity index (χ1n) is 20.7. The van der Waals surface area contributed by atoms with Gasteiger partial charge < -0.3 is 64.5 Å². The molecule has 7 rings (SSSR count). The zero-order valence-corrected chi connectivity index (χ0v) is 33.6. The van der Waals surface area contributed by atoms with Crippen LogP contribution in [0.3, 0.4) is 0 Å². The third kappa shape index (κ3) is 6.28. The second-order valence-corrected chi connectivity index (χ2v) is 20.6. The van der Waals surface area contributed by atoms with Gasteiger partial charge in [-0.15, -0.1) is 0 Å². The Kier molecular flexibility index (Phi) is 10.8. The molecule has 0 radical (unpaired) electrons. The minimum absolute atomic E-state index is 0.00233. The van der Waals surface area contributed by atoms with Gasteiger partial charge in [0.05, 0.1) is 42.7 Å². The van der Waals surface area contributed by atoms with E-state index in [1.54, 1.807) is 0 Å². The first-order valence-corrected chi connectivity index (χ1v) is 20.7. The number of hydrogen-bond donors (Lipinski definition) is 8. The standard InChI is InChI=1S/C41H70O13/c1-36(2)24-10-15-39(6)25(17-21(43)28-20(9-14-40(28,39)7)41(8)16-12-27(54-41)37(3,4)49)38(24,5)13-11-26(36)52-35-33(29(45)22(44)19-50-35)53-34-32(48)31(47)30(46)23(18-42)51-34/h20-35,42-49H,9-19H2,1-8H3/t20-,21+,22+,23+,24?,25+,26-,27-,28?,29-,30+,31-,32+,33+,34-,35-,38-,39+,40+,41-/m0/s1. The molecule has 4 saturated carbocycles. The van der Waals surface area contributed by atoms with E-state index in [2.05, 4.69) is 41.5 Å². The molecule has 7 aliphatic rings. The third-order valence-corrected chi connectivity index (χ3v) is 17.1. The SMILES string of the molecule is CC(C)(O)[C@@H]1CC[C@@](C)([C@H]2CC[C@]3(C)C2[C@H](O)C[C@@H]2[C@@]4(C)CC[C@H](O[C@@H]5OC[C@@H](O)[C@H](O)[C@H]5O[C@@H]5O[C@H](CO)[C@@H](O)[C@H](O)[C@H]5O)C(C)(C)C4CC[C@]23C)O1. The summed E-state index contributed by atoms with van der Waals surface area (Å²) in [6.45, 7) is 16.9. The van der Waals surface area contributed by atoms with Crippen molar-refractivity contribution in [3.63, 3.8) is 0 Å². The summed E-state index contributed by atoms with van der Waals surface area (Å²) in [5.41, 5.74) is -1.81. The molecular formula is C41H70O13. The maximum atomic E-state index is 12.3. The van der Waals surface area contributed by atoms with Crippen LogP contribution in [0, 0.1) is 45.3 Å². The fourth-order valence-electron chi connectivity index (χ4n) is 13.8. The van der Waals surface area contributed by atoms with Crippen molar-refractivity contribution >= 4 is 0 Å². The molecule has 4 aliphatic carbocycles. The number of aliphatic hydroxyl groups excluding tert-OH is 7. The summed E-state index contributed by atoms with van der Waals surface area (Å²) in [6.07, 6.45) is -5.82. The summed E-state index contributed by atoms with van der Waals surface area (Å²) in [7, 11) is 0. The Labute approximate surface area is 320 Å². The fraction of sp³-hybridized carbons (Fsp3) is 1.00. The van der Waals surface area contributed by atoms with Crippen molar-refractivity contribution in [3.8, 4) is 0 Å². The summed E-state index contributed by atoms with van der Waals surface area (Å²) < 4.78 is 31.0. The smallest absolute Gasteiger partial charge is 0.187 e. The minimum atomic E-state index is -1.70. The fourth-order valence-corrected chi connectivity index (χ4v) is 13.8. The summed E-state index contributed by atoms with van der Waals surface area (Å²) in [6, 6.07) is 0. The average Bonchev–Trinajstić information content (AvgIpc) is 3.69. The summed E-state index contributed by atoms with van der Waals surface area (Å²) in [4.78, 5) is 0. The Bertz CT molecular complexity index is 1360. The average molecular weight is 771 g/mol. The third-order valence-electron chi connectivity index (χ3n) is 17.1. The zero-order valence-electron chi connectivity index (χ0n) is 33.6. The van der Waals surface area contributed by atoms with Gasteiger partial charge in [-0.25, -0.2) is 0 Å². The monoisotopic (exact) mass is 770 g/mol. The van der Waals surface area contributed by atoms with E-state index in [1.165, 1.54) is 0 Å². The lowest BCUT2D eigenvalue weighted by molar-refractivity contribution is -0.367. The largest absolute Gasteiger partial charge is 0.394 e. The van der Waals surface area contributed by atoms with E-state index in [1.807, 2.05) is 13.8 Å². The Morgan fingerprint density at radius 1 is 0.704 bits per heavy atom. The van der Waals surface area contributed by atoms with Crippen LogP contribution in [0.15, 0.2) is 0 Å². The summed E-state index contributed by atoms with van der Waals surface area (Å²) in [5.74, 6) is 0.864. The van der Waals surface area contributed by atoms with E-state index in [0.717, 1.165) is 51.4 Å². The van der Waals surface area contributed by atoms with Gasteiger partial charge in [0.25, 0.3) is 0 Å². The molecule has 0 aromatic carbocycles. The zero-order chi connectivity index (χ0) is 39.6. The van der Waals surface area contributed by atoms with E-state index >= 15 is 0 Å². The molecule has 8 N–H and O–H groups in total. The van der Waals surface area contributed by atoms with Crippen molar-refractivity contribution in [2.45, 2.75) is 198 Å². The van der Waals surface area contributed by atoms with Gasteiger partial charge in [0.1, 0.15) is 42.7 Å². The highest BCUT2D eigenvalue weighted by molar-refractivity contribution is 5.20. The van der Waals surface area contributed by atoms with Crippen LogP contribution >= 0.6 is 0 Å². The number of rotatable bonds is 7. The van der Waals surface area contributed by atoms with E-state index in [0.29, 0.717) is 6.42 Å². The minimum Gasteiger partial charge on any atom is -0.394 e. The van der Waals surface area contributed by atoms with Crippen LogP contribution in [0.25, 0.3) is 0 Å². The van der Waals surface area contributed by atoms with Gasteiger partial charge in [-0.1, -0.05) is 34.6 Å². The van der Waals surface area contributed by atoms with Crippen molar-refractivity contribution < 1.29 is 64.5 Å². The summed E-state index contributed by atoms with van der Waals surface area (Å²) >= 11 is 0. The Balaban J connectivity index is 1.09. The lowest BCUT2D eigenvalue weighted by atomic mass is 9.35. The molecule has 312 valence electrons. The highest BCUT2D eigenvalue weighted by Crippen LogP contribution is 2.76. The maximum Gasteiger partial charge on any atom is 0.187 e. The van der Waals surface area contributed by atoms with Crippen molar-refractivity contribution in [2.24, 2.45) is 45.3 Å². The molecule has 0 bridgehead atoms. The van der Waals surface area contributed by atoms with Gasteiger partial charge >= 0.3 is 0 Å². The normalized spacial score (nSPS) is 56.2. The van der Waals surface area contributed by atoms with E-state index in [-0.39, 0.29) is 69.7 Å². The van der Waals surface area contributed by atoms with Crippen LogP contribution in [0.2, 0.25) is 0 Å². The Morgan fingerprint density at radius 3 is 2.04 bits per heavy atom. The van der Waals surface area contributed by atoms with Crippen molar-refractivity contribution in [1.82, 2.24) is 0 Å². The van der Waals surface area contributed by atoms with E-state index in [9.17, 15) is 40.9 Å². The second kappa shape index (κ2) is 14.1. The molecule has 13 heteroatoms. The molecule has 54 heavy (non-hydrogen) atoms. The lowest BCUT2D eigenvalue weighted by Crippen LogP contribution is -2.67.